The van der Waals surface area contributed by atoms with Crippen LogP contribution in [0.3, 0.4) is 0 Å². The molecule has 0 radical (unpaired) electrons. The molecule has 0 aliphatic carbocycles. The SMILES string of the molecule is Cc1cc(C(C)Nc2cc(Cl)nc(C(F)(F)F)n2)c(C)s1. The summed E-state index contributed by atoms with van der Waals surface area (Å²) < 4.78 is 38.0. The maximum absolute atomic E-state index is 12.7. The van der Waals surface area contributed by atoms with E-state index in [2.05, 4.69) is 15.3 Å². The van der Waals surface area contributed by atoms with Gasteiger partial charge in [0.2, 0.25) is 5.82 Å². The Bertz CT molecular complexity index is 655. The minimum Gasteiger partial charge on any atom is -0.363 e. The molecule has 0 saturated heterocycles. The maximum Gasteiger partial charge on any atom is 0.451 e. The van der Waals surface area contributed by atoms with Crippen LogP contribution >= 0.6 is 22.9 Å². The van der Waals surface area contributed by atoms with Crippen molar-refractivity contribution in [3.05, 3.63) is 38.4 Å². The highest BCUT2D eigenvalue weighted by atomic mass is 35.5. The Morgan fingerprint density at radius 3 is 2.43 bits per heavy atom. The zero-order chi connectivity index (χ0) is 15.8. The predicted molar refractivity (Wildman–Crippen MR) is 77.9 cm³/mol. The van der Waals surface area contributed by atoms with E-state index in [4.69, 9.17) is 11.6 Å². The first-order chi connectivity index (χ1) is 9.66. The topological polar surface area (TPSA) is 37.8 Å². The molecule has 0 amide bonds. The summed E-state index contributed by atoms with van der Waals surface area (Å²) in [6.07, 6.45) is -4.63. The van der Waals surface area contributed by atoms with Gasteiger partial charge in [-0.15, -0.1) is 11.3 Å². The number of hydrogen-bond donors (Lipinski definition) is 1. The molecule has 0 aromatic carbocycles. The summed E-state index contributed by atoms with van der Waals surface area (Å²) >= 11 is 7.27. The van der Waals surface area contributed by atoms with Crippen LogP contribution in [0.25, 0.3) is 0 Å². The van der Waals surface area contributed by atoms with Crippen molar-refractivity contribution in [1.29, 1.82) is 0 Å². The highest BCUT2D eigenvalue weighted by Gasteiger charge is 2.35. The molecule has 0 spiro atoms. The molecule has 0 aliphatic heterocycles. The van der Waals surface area contributed by atoms with Crippen molar-refractivity contribution < 1.29 is 13.2 Å². The lowest BCUT2D eigenvalue weighted by molar-refractivity contribution is -0.144. The lowest BCUT2D eigenvalue weighted by Gasteiger charge is -2.16. The number of rotatable bonds is 3. The first-order valence-electron chi connectivity index (χ1n) is 6.12. The summed E-state index contributed by atoms with van der Waals surface area (Å²) in [6.45, 7) is 5.81. The quantitative estimate of drug-likeness (QED) is 0.802. The molecular weight excluding hydrogens is 323 g/mol. The van der Waals surface area contributed by atoms with Crippen LogP contribution in [0.5, 0.6) is 0 Å². The molecule has 2 aromatic rings. The third kappa shape index (κ3) is 3.85. The molecule has 1 N–H and O–H groups in total. The maximum atomic E-state index is 12.7. The minimum absolute atomic E-state index is 0.0538. The minimum atomic E-state index is -4.63. The average molecular weight is 336 g/mol. The number of anilines is 1. The Morgan fingerprint density at radius 1 is 1.24 bits per heavy atom. The molecule has 1 unspecified atom stereocenters. The van der Waals surface area contributed by atoms with Gasteiger partial charge in [-0.05, 0) is 32.4 Å². The van der Waals surface area contributed by atoms with Crippen molar-refractivity contribution in [2.24, 2.45) is 0 Å². The van der Waals surface area contributed by atoms with Crippen LogP contribution in [0.1, 0.15) is 34.1 Å². The largest absolute Gasteiger partial charge is 0.451 e. The molecule has 0 bridgehead atoms. The van der Waals surface area contributed by atoms with E-state index in [0.717, 1.165) is 15.3 Å². The number of nitrogens with one attached hydrogen (secondary N) is 1. The third-order valence-corrected chi connectivity index (χ3v) is 4.03. The molecule has 0 fully saturated rings. The first kappa shape index (κ1) is 16.0. The molecule has 0 saturated carbocycles. The molecule has 2 rings (SSSR count). The van der Waals surface area contributed by atoms with E-state index >= 15 is 0 Å². The highest BCUT2D eigenvalue weighted by molar-refractivity contribution is 7.12. The summed E-state index contributed by atoms with van der Waals surface area (Å²) in [4.78, 5) is 8.94. The first-order valence-corrected chi connectivity index (χ1v) is 7.31. The second-order valence-corrected chi connectivity index (χ2v) is 6.48. The second kappa shape index (κ2) is 5.81. The molecule has 114 valence electrons. The molecule has 21 heavy (non-hydrogen) atoms. The molecule has 3 nitrogen and oxygen atoms in total. The number of aryl methyl sites for hydroxylation is 2. The molecular formula is C13H13ClF3N3S. The summed E-state index contributed by atoms with van der Waals surface area (Å²) in [7, 11) is 0. The van der Waals surface area contributed by atoms with Crippen LogP contribution < -0.4 is 5.32 Å². The number of aromatic nitrogens is 2. The lowest BCUT2D eigenvalue weighted by atomic mass is 10.1. The zero-order valence-corrected chi connectivity index (χ0v) is 13.1. The average Bonchev–Trinajstić information content (AvgIpc) is 2.66. The summed E-state index contributed by atoms with van der Waals surface area (Å²) in [5.74, 6) is -1.19. The van der Waals surface area contributed by atoms with Gasteiger partial charge in [-0.2, -0.15) is 13.2 Å². The predicted octanol–water partition coefficient (Wildman–Crippen LogP) is 5.00. The van der Waals surface area contributed by atoms with Gasteiger partial charge in [0.05, 0.1) is 6.04 Å². The number of thiophene rings is 1. The standard InChI is InChI=1S/C13H13ClF3N3S/c1-6-4-9(8(3)21-6)7(2)18-11-5-10(14)19-12(20-11)13(15,16)17/h4-5,7H,1-3H3,(H,18,19,20). The zero-order valence-electron chi connectivity index (χ0n) is 11.5. The van der Waals surface area contributed by atoms with E-state index in [9.17, 15) is 13.2 Å². The van der Waals surface area contributed by atoms with Crippen molar-refractivity contribution in [3.63, 3.8) is 0 Å². The van der Waals surface area contributed by atoms with E-state index in [1.807, 2.05) is 26.8 Å². The monoisotopic (exact) mass is 335 g/mol. The Morgan fingerprint density at radius 2 is 1.90 bits per heavy atom. The molecule has 8 heteroatoms. The van der Waals surface area contributed by atoms with Gasteiger partial charge in [-0.25, -0.2) is 9.97 Å². The Balaban J connectivity index is 2.27. The van der Waals surface area contributed by atoms with Gasteiger partial charge < -0.3 is 5.32 Å². The Hall–Kier alpha value is -1.34. The fourth-order valence-corrected chi connectivity index (χ4v) is 3.20. The van der Waals surface area contributed by atoms with Crippen molar-refractivity contribution >= 4 is 28.8 Å². The van der Waals surface area contributed by atoms with Crippen LogP contribution in [-0.4, -0.2) is 9.97 Å². The Kier molecular flexibility index (Phi) is 4.43. The van der Waals surface area contributed by atoms with Gasteiger partial charge in [0.15, 0.2) is 0 Å². The normalized spacial score (nSPS) is 13.3. The lowest BCUT2D eigenvalue weighted by Crippen LogP contribution is -2.14. The van der Waals surface area contributed by atoms with Crippen LogP contribution in [0.4, 0.5) is 19.0 Å². The van der Waals surface area contributed by atoms with Crippen LogP contribution in [-0.2, 0) is 6.18 Å². The summed E-state index contributed by atoms with van der Waals surface area (Å²) in [5, 5.41) is 2.69. The summed E-state index contributed by atoms with van der Waals surface area (Å²) in [6, 6.07) is 3.11. The molecule has 0 aliphatic rings. The van der Waals surface area contributed by atoms with Crippen LogP contribution in [0, 0.1) is 13.8 Å². The van der Waals surface area contributed by atoms with Crippen molar-refractivity contribution in [3.8, 4) is 0 Å². The van der Waals surface area contributed by atoms with Gasteiger partial charge in [0, 0.05) is 15.8 Å². The molecule has 2 aromatic heterocycles. The van der Waals surface area contributed by atoms with Crippen molar-refractivity contribution in [1.82, 2.24) is 9.97 Å². The van der Waals surface area contributed by atoms with Gasteiger partial charge >= 0.3 is 6.18 Å². The van der Waals surface area contributed by atoms with Crippen LogP contribution in [0.2, 0.25) is 5.15 Å². The third-order valence-electron chi connectivity index (χ3n) is 2.86. The second-order valence-electron chi connectivity index (χ2n) is 4.63. The van der Waals surface area contributed by atoms with E-state index in [-0.39, 0.29) is 17.0 Å². The number of hydrogen-bond acceptors (Lipinski definition) is 4. The van der Waals surface area contributed by atoms with Gasteiger partial charge in [0.1, 0.15) is 11.0 Å². The number of alkyl halides is 3. The Labute approximate surface area is 129 Å². The van der Waals surface area contributed by atoms with E-state index < -0.39 is 12.0 Å². The summed E-state index contributed by atoms with van der Waals surface area (Å²) in [5.41, 5.74) is 1.03. The smallest absolute Gasteiger partial charge is 0.363 e. The van der Waals surface area contributed by atoms with E-state index in [1.165, 1.54) is 6.07 Å². The van der Waals surface area contributed by atoms with Gasteiger partial charge in [-0.1, -0.05) is 11.6 Å². The van der Waals surface area contributed by atoms with Gasteiger partial charge in [-0.3, -0.25) is 0 Å². The number of nitrogens with zero attached hydrogens (tertiary/aromatic N) is 2. The highest BCUT2D eigenvalue weighted by Crippen LogP contribution is 2.31. The molecule has 2 heterocycles. The van der Waals surface area contributed by atoms with Gasteiger partial charge in [0.25, 0.3) is 0 Å². The van der Waals surface area contributed by atoms with Crippen molar-refractivity contribution in [2.75, 3.05) is 5.32 Å². The van der Waals surface area contributed by atoms with Crippen molar-refractivity contribution in [2.45, 2.75) is 33.0 Å². The molecule has 1 atom stereocenters. The van der Waals surface area contributed by atoms with E-state index in [1.54, 1.807) is 11.3 Å². The van der Waals surface area contributed by atoms with Crippen LogP contribution in [0.15, 0.2) is 12.1 Å². The fraction of sp³-hybridized carbons (Fsp3) is 0.385. The van der Waals surface area contributed by atoms with E-state index in [0.29, 0.717) is 0 Å². The number of halogens is 4. The fourth-order valence-electron chi connectivity index (χ4n) is 2.00.